The minimum Gasteiger partial charge on any atom is -0.444 e. The van der Waals surface area contributed by atoms with Crippen LogP contribution in [0.15, 0.2) is 22.9 Å². The van der Waals surface area contributed by atoms with Crippen LogP contribution in [0, 0.1) is 0 Å². The number of nitrogens with zero attached hydrogens (tertiary/aromatic N) is 3. The lowest BCUT2D eigenvalue weighted by molar-refractivity contribution is 0.00587. The number of carbonyl (C=O) groups is 1. The second kappa shape index (κ2) is 8.30. The highest BCUT2D eigenvalue weighted by Crippen LogP contribution is 2.21. The van der Waals surface area contributed by atoms with Crippen LogP contribution in [0.4, 0.5) is 4.79 Å². The third-order valence-electron chi connectivity index (χ3n) is 4.02. The number of hydrogen-bond donors (Lipinski definition) is 0. The van der Waals surface area contributed by atoms with Gasteiger partial charge in [0.2, 0.25) is 0 Å². The van der Waals surface area contributed by atoms with E-state index in [0.29, 0.717) is 0 Å². The number of hydrogen-bond acceptors (Lipinski definition) is 4. The minimum atomic E-state index is -0.450. The zero-order valence-electron chi connectivity index (χ0n) is 15.1. The van der Waals surface area contributed by atoms with Crippen LogP contribution in [-0.4, -0.2) is 52.7 Å². The van der Waals surface area contributed by atoms with Crippen molar-refractivity contribution >= 4 is 22.0 Å². The minimum absolute atomic E-state index is 0.188. The van der Waals surface area contributed by atoms with E-state index in [0.717, 1.165) is 37.1 Å². The van der Waals surface area contributed by atoms with Crippen molar-refractivity contribution in [1.82, 2.24) is 14.8 Å². The molecule has 2 rings (SSSR count). The van der Waals surface area contributed by atoms with E-state index >= 15 is 0 Å². The lowest BCUT2D eigenvalue weighted by Crippen LogP contribution is -2.50. The molecule has 1 amide bonds. The Morgan fingerprint density at radius 1 is 1.46 bits per heavy atom. The molecule has 0 unspecified atom stereocenters. The van der Waals surface area contributed by atoms with Crippen molar-refractivity contribution in [2.75, 3.05) is 20.1 Å². The molecule has 1 aliphatic rings. The summed E-state index contributed by atoms with van der Waals surface area (Å²) in [5, 5.41) is 0. The van der Waals surface area contributed by atoms with E-state index in [2.05, 4.69) is 32.9 Å². The third-order valence-corrected chi connectivity index (χ3v) is 4.45. The van der Waals surface area contributed by atoms with Crippen molar-refractivity contribution in [3.63, 3.8) is 0 Å². The van der Waals surface area contributed by atoms with Gasteiger partial charge >= 0.3 is 6.09 Å². The molecule has 1 atom stereocenters. The molecule has 134 valence electrons. The summed E-state index contributed by atoms with van der Waals surface area (Å²) in [5.41, 5.74) is 0.757. The molecule has 0 aliphatic carbocycles. The molecule has 24 heavy (non-hydrogen) atoms. The topological polar surface area (TPSA) is 45.7 Å². The van der Waals surface area contributed by atoms with E-state index < -0.39 is 5.60 Å². The smallest absolute Gasteiger partial charge is 0.410 e. The zero-order valence-corrected chi connectivity index (χ0v) is 16.7. The highest BCUT2D eigenvalue weighted by atomic mass is 79.9. The lowest BCUT2D eigenvalue weighted by Gasteiger charge is -2.38. The average molecular weight is 398 g/mol. The maximum Gasteiger partial charge on any atom is 0.410 e. The first-order valence-corrected chi connectivity index (χ1v) is 9.32. The highest BCUT2D eigenvalue weighted by molar-refractivity contribution is 9.10. The normalized spacial score (nSPS) is 18.8. The Morgan fingerprint density at radius 3 is 2.88 bits per heavy atom. The monoisotopic (exact) mass is 397 g/mol. The van der Waals surface area contributed by atoms with Crippen molar-refractivity contribution in [2.45, 2.75) is 58.2 Å². The fraction of sp³-hybridized carbons (Fsp3) is 0.667. The first-order valence-electron chi connectivity index (χ1n) is 8.53. The molecule has 0 radical (unpaired) electrons. The number of likely N-dealkylation sites (N-methyl/N-ethyl adjacent to an activating group) is 1. The summed E-state index contributed by atoms with van der Waals surface area (Å²) >= 11 is 3.41. The number of ether oxygens (including phenoxy) is 1. The van der Waals surface area contributed by atoms with Gasteiger partial charge < -0.3 is 14.5 Å². The van der Waals surface area contributed by atoms with E-state index in [9.17, 15) is 4.79 Å². The highest BCUT2D eigenvalue weighted by Gasteiger charge is 2.31. The average Bonchev–Trinajstić information content (AvgIpc) is 2.45. The molecule has 1 aromatic heterocycles. The van der Waals surface area contributed by atoms with E-state index in [1.54, 1.807) is 6.20 Å². The van der Waals surface area contributed by atoms with Crippen LogP contribution in [0.3, 0.4) is 0 Å². The Bertz CT molecular complexity index is 559. The van der Waals surface area contributed by atoms with Crippen LogP contribution in [-0.2, 0) is 11.3 Å². The quantitative estimate of drug-likeness (QED) is 0.718. The molecule has 6 heteroatoms. The molecule has 2 heterocycles. The van der Waals surface area contributed by atoms with Gasteiger partial charge in [0.1, 0.15) is 10.2 Å². The van der Waals surface area contributed by atoms with Crippen LogP contribution in [0.1, 0.15) is 45.6 Å². The van der Waals surface area contributed by atoms with Gasteiger partial charge in [-0.1, -0.05) is 0 Å². The molecule has 0 saturated carbocycles. The van der Waals surface area contributed by atoms with Crippen LogP contribution >= 0.6 is 15.9 Å². The Hall–Kier alpha value is -1.14. The SMILES string of the molecule is CN(Cc1ccnc(Br)c1)C[C@@H]1CCCCN1C(=O)OC(C)(C)C. The van der Waals surface area contributed by atoms with Gasteiger partial charge in [0.15, 0.2) is 0 Å². The maximum atomic E-state index is 12.5. The fourth-order valence-electron chi connectivity index (χ4n) is 3.03. The summed E-state index contributed by atoms with van der Waals surface area (Å²) in [6.07, 6.45) is 4.87. The summed E-state index contributed by atoms with van der Waals surface area (Å²) < 4.78 is 6.43. The molecule has 0 aromatic carbocycles. The van der Waals surface area contributed by atoms with Crippen LogP contribution in [0.25, 0.3) is 0 Å². The van der Waals surface area contributed by atoms with E-state index in [4.69, 9.17) is 4.74 Å². The molecule has 5 nitrogen and oxygen atoms in total. The Labute approximate surface area is 153 Å². The molecule has 1 fully saturated rings. The molecule has 0 N–H and O–H groups in total. The van der Waals surface area contributed by atoms with Gasteiger partial charge in [0.05, 0.1) is 0 Å². The maximum absolute atomic E-state index is 12.5. The number of aromatic nitrogens is 1. The van der Waals surface area contributed by atoms with Gasteiger partial charge in [0.25, 0.3) is 0 Å². The number of piperidine rings is 1. The van der Waals surface area contributed by atoms with Gasteiger partial charge in [-0.05, 0) is 80.7 Å². The van der Waals surface area contributed by atoms with Gasteiger partial charge in [-0.2, -0.15) is 0 Å². The lowest BCUT2D eigenvalue weighted by atomic mass is 10.0. The molecule has 1 aromatic rings. The van der Waals surface area contributed by atoms with Crippen LogP contribution in [0.5, 0.6) is 0 Å². The summed E-state index contributed by atoms with van der Waals surface area (Å²) in [6.45, 7) is 8.21. The molecule has 0 bridgehead atoms. The molecular formula is C18H28BrN3O2. The van der Waals surface area contributed by atoms with Gasteiger partial charge in [-0.15, -0.1) is 0 Å². The summed E-state index contributed by atoms with van der Waals surface area (Å²) in [6, 6.07) is 4.26. The molecule has 0 spiro atoms. The number of likely N-dealkylation sites (tertiary alicyclic amines) is 1. The third kappa shape index (κ3) is 6.06. The first-order chi connectivity index (χ1) is 11.2. The second-order valence-electron chi connectivity index (χ2n) is 7.51. The predicted octanol–water partition coefficient (Wildman–Crippen LogP) is 4.07. The largest absolute Gasteiger partial charge is 0.444 e. The van der Waals surface area contributed by atoms with Crippen molar-refractivity contribution < 1.29 is 9.53 Å². The number of rotatable bonds is 4. The molecule has 1 aliphatic heterocycles. The number of amides is 1. The Kier molecular flexibility index (Phi) is 6.63. The van der Waals surface area contributed by atoms with Gasteiger partial charge in [0, 0.05) is 31.9 Å². The van der Waals surface area contributed by atoms with E-state index in [1.807, 2.05) is 37.8 Å². The fourth-order valence-corrected chi connectivity index (χ4v) is 3.44. The number of pyridine rings is 1. The summed E-state index contributed by atoms with van der Waals surface area (Å²) in [5.74, 6) is 0. The summed E-state index contributed by atoms with van der Waals surface area (Å²) in [4.78, 5) is 20.8. The number of carbonyl (C=O) groups excluding carboxylic acids is 1. The standard InChI is InChI=1S/C18H28BrN3O2/c1-18(2,3)24-17(23)22-10-6-5-7-15(22)13-21(4)12-14-8-9-20-16(19)11-14/h8-9,11,15H,5-7,10,12-13H2,1-4H3/t15-/m0/s1. The van der Waals surface area contributed by atoms with Gasteiger partial charge in [-0.25, -0.2) is 9.78 Å². The van der Waals surface area contributed by atoms with Crippen molar-refractivity contribution in [3.05, 3.63) is 28.5 Å². The zero-order chi connectivity index (χ0) is 17.7. The first kappa shape index (κ1) is 19.2. The Balaban J connectivity index is 1.96. The number of halogens is 1. The van der Waals surface area contributed by atoms with Crippen molar-refractivity contribution in [3.8, 4) is 0 Å². The van der Waals surface area contributed by atoms with Crippen LogP contribution < -0.4 is 0 Å². The van der Waals surface area contributed by atoms with E-state index in [-0.39, 0.29) is 12.1 Å². The van der Waals surface area contributed by atoms with Crippen LogP contribution in [0.2, 0.25) is 0 Å². The Morgan fingerprint density at radius 2 is 2.21 bits per heavy atom. The van der Waals surface area contributed by atoms with Crippen molar-refractivity contribution in [1.29, 1.82) is 0 Å². The second-order valence-corrected chi connectivity index (χ2v) is 8.32. The van der Waals surface area contributed by atoms with Gasteiger partial charge in [-0.3, -0.25) is 0 Å². The molecule has 1 saturated heterocycles. The van der Waals surface area contributed by atoms with Crippen molar-refractivity contribution in [2.24, 2.45) is 0 Å². The predicted molar refractivity (Wildman–Crippen MR) is 98.9 cm³/mol. The van der Waals surface area contributed by atoms with E-state index in [1.165, 1.54) is 12.0 Å². The molecular weight excluding hydrogens is 370 g/mol. The summed E-state index contributed by atoms with van der Waals surface area (Å²) in [7, 11) is 2.09.